The maximum absolute atomic E-state index is 13.9. The molecule has 3 aliphatic rings. The molecule has 1 saturated carbocycles. The number of hydrogen-bond donors (Lipinski definition) is 3. The lowest BCUT2D eigenvalue weighted by Gasteiger charge is -2.28. The second-order valence-electron chi connectivity index (χ2n) is 10.6. The van der Waals surface area contributed by atoms with Gasteiger partial charge in [0.15, 0.2) is 0 Å². The molecule has 45 heavy (non-hydrogen) atoms. The molecule has 2 unspecified atom stereocenters. The van der Waals surface area contributed by atoms with Gasteiger partial charge in [-0.05, 0) is 85.8 Å². The van der Waals surface area contributed by atoms with Gasteiger partial charge < -0.3 is 10.4 Å². The Kier molecular flexibility index (Phi) is 22.2. The Morgan fingerprint density at radius 3 is 2.11 bits per heavy atom. The molecule has 1 aliphatic heterocycles. The molecule has 2 aliphatic carbocycles. The highest BCUT2D eigenvalue weighted by molar-refractivity contribution is 7.89. The Labute approximate surface area is 275 Å². The number of phenols is 1. The Balaban J connectivity index is 0.00000158. The molecule has 0 amide bonds. The number of aryl methyl sites for hydroxylation is 1. The Bertz CT molecular complexity index is 1210. The smallest absolute Gasteiger partial charge is 0.243 e. The van der Waals surface area contributed by atoms with Gasteiger partial charge in [0.05, 0.1) is 5.84 Å². The summed E-state index contributed by atoms with van der Waals surface area (Å²) in [6, 6.07) is 11.6. The first-order valence-electron chi connectivity index (χ1n) is 17.2. The zero-order valence-corrected chi connectivity index (χ0v) is 30.1. The van der Waals surface area contributed by atoms with Crippen LogP contribution in [0.3, 0.4) is 0 Å². The van der Waals surface area contributed by atoms with Gasteiger partial charge in [-0.15, -0.1) is 13.2 Å². The third-order valence-electron chi connectivity index (χ3n) is 7.70. The minimum atomic E-state index is -3.83. The van der Waals surface area contributed by atoms with E-state index in [0.717, 1.165) is 57.3 Å². The first-order chi connectivity index (χ1) is 21.8. The molecule has 2 atom stereocenters. The van der Waals surface area contributed by atoms with Crippen molar-refractivity contribution >= 4 is 15.9 Å². The molecule has 2 fully saturated rings. The summed E-state index contributed by atoms with van der Waals surface area (Å²) >= 11 is 0. The largest absolute Gasteiger partial charge is 0.508 e. The van der Waals surface area contributed by atoms with Crippen LogP contribution in [-0.4, -0.2) is 38.5 Å². The number of hydrogen-bond acceptors (Lipinski definition) is 4. The highest BCUT2D eigenvalue weighted by Crippen LogP contribution is 2.39. The molecule has 5 rings (SSSR count). The van der Waals surface area contributed by atoms with Crippen molar-refractivity contribution in [3.63, 3.8) is 0 Å². The maximum Gasteiger partial charge on any atom is 0.243 e. The van der Waals surface area contributed by atoms with Crippen LogP contribution in [0.1, 0.15) is 117 Å². The quantitative estimate of drug-likeness (QED) is 0.273. The molecule has 0 radical (unpaired) electrons. The van der Waals surface area contributed by atoms with Crippen molar-refractivity contribution in [3.05, 3.63) is 72.6 Å². The standard InChI is InChI=1S/C26H32FN3O3S.C3H8.3C2H6.C2H4/c27-23-3-1-2-4-25(23)34(32,33)29-16-18-7-5-17(6-8-18)15-28-26-14-22-21-11-10-20(31)13-19(21)9-12-24(22)30-26;1-3-2;4*1-2/h1-4,10-11,13,17-18,22,24,29,31H,5-9,12,14-16H2,(H,28,30);3H2,1-2H3;3*1-2H3;1-2H2. The first kappa shape index (κ1) is 42.3. The summed E-state index contributed by atoms with van der Waals surface area (Å²) in [6.07, 6.45) is 8.17. The second-order valence-corrected chi connectivity index (χ2v) is 12.4. The lowest BCUT2D eigenvalue weighted by Crippen LogP contribution is -2.33. The molecule has 1 heterocycles. The molecule has 8 heteroatoms. The lowest BCUT2D eigenvalue weighted by atomic mass is 9.80. The Hall–Kier alpha value is -2.71. The first-order valence-corrected chi connectivity index (χ1v) is 18.6. The van der Waals surface area contributed by atoms with Crippen LogP contribution in [0.25, 0.3) is 0 Å². The number of phenolic OH excluding ortho intramolecular Hbond substituents is 1. The van der Waals surface area contributed by atoms with E-state index in [0.29, 0.717) is 30.2 Å². The van der Waals surface area contributed by atoms with Crippen LogP contribution in [0.4, 0.5) is 4.39 Å². The van der Waals surface area contributed by atoms with E-state index in [2.05, 4.69) is 43.1 Å². The van der Waals surface area contributed by atoms with Crippen LogP contribution < -0.4 is 10.0 Å². The Morgan fingerprint density at radius 2 is 1.51 bits per heavy atom. The van der Waals surface area contributed by atoms with Gasteiger partial charge in [-0.2, -0.15) is 0 Å². The summed E-state index contributed by atoms with van der Waals surface area (Å²) in [5, 5.41) is 13.4. The van der Waals surface area contributed by atoms with E-state index in [4.69, 9.17) is 4.99 Å². The predicted octanol–water partition coefficient (Wildman–Crippen LogP) is 9.40. The number of aromatic hydroxyl groups is 1. The molecule has 6 nitrogen and oxygen atoms in total. The fourth-order valence-electron chi connectivity index (χ4n) is 5.74. The number of rotatable bonds is 6. The maximum atomic E-state index is 13.9. The van der Waals surface area contributed by atoms with Crippen molar-refractivity contribution in [3.8, 4) is 5.75 Å². The molecular formula is C37H62FN3O3S. The molecule has 0 aromatic heterocycles. The van der Waals surface area contributed by atoms with E-state index >= 15 is 0 Å². The average Bonchev–Trinajstić information content (AvgIpc) is 3.51. The summed E-state index contributed by atoms with van der Waals surface area (Å²) in [6.45, 7) is 23.4. The van der Waals surface area contributed by atoms with Gasteiger partial charge in [-0.25, -0.2) is 17.5 Å². The third-order valence-corrected chi connectivity index (χ3v) is 9.15. The molecule has 2 aromatic carbocycles. The van der Waals surface area contributed by atoms with Crippen molar-refractivity contribution in [2.45, 2.75) is 124 Å². The minimum Gasteiger partial charge on any atom is -0.508 e. The van der Waals surface area contributed by atoms with E-state index in [1.54, 1.807) is 6.07 Å². The summed E-state index contributed by atoms with van der Waals surface area (Å²) in [7, 11) is -3.83. The minimum absolute atomic E-state index is 0.269. The van der Waals surface area contributed by atoms with Crippen LogP contribution >= 0.6 is 0 Å². The zero-order chi connectivity index (χ0) is 34.4. The van der Waals surface area contributed by atoms with Gasteiger partial charge in [-0.1, -0.05) is 80.0 Å². The van der Waals surface area contributed by atoms with Crippen molar-refractivity contribution < 1.29 is 17.9 Å². The van der Waals surface area contributed by atoms with Gasteiger partial charge in [0.25, 0.3) is 0 Å². The van der Waals surface area contributed by atoms with Gasteiger partial charge in [0.1, 0.15) is 16.5 Å². The third kappa shape index (κ3) is 13.3. The van der Waals surface area contributed by atoms with Crippen LogP contribution in [0.2, 0.25) is 0 Å². The van der Waals surface area contributed by atoms with Crippen LogP contribution in [0, 0.1) is 17.7 Å². The topological polar surface area (TPSA) is 90.8 Å². The number of fused-ring (bicyclic) bond motifs is 3. The monoisotopic (exact) mass is 647 g/mol. The Morgan fingerprint density at radius 1 is 0.933 bits per heavy atom. The van der Waals surface area contributed by atoms with E-state index in [9.17, 15) is 17.9 Å². The van der Waals surface area contributed by atoms with Crippen molar-refractivity contribution in [1.82, 2.24) is 10.0 Å². The molecule has 256 valence electrons. The zero-order valence-electron chi connectivity index (χ0n) is 29.3. The number of nitrogens with one attached hydrogen (secondary N) is 2. The second kappa shape index (κ2) is 23.6. The van der Waals surface area contributed by atoms with Crippen molar-refractivity contribution in [1.29, 1.82) is 0 Å². The summed E-state index contributed by atoms with van der Waals surface area (Å²) in [4.78, 5) is 4.64. The van der Waals surface area contributed by atoms with Gasteiger partial charge in [-0.3, -0.25) is 4.99 Å². The number of amidine groups is 1. The number of aliphatic imine (C=N–C) groups is 1. The molecule has 0 spiro atoms. The lowest BCUT2D eigenvalue weighted by molar-refractivity contribution is 0.280. The summed E-state index contributed by atoms with van der Waals surface area (Å²) < 4.78 is 41.3. The molecule has 0 bridgehead atoms. The van der Waals surface area contributed by atoms with E-state index in [-0.39, 0.29) is 10.8 Å². The van der Waals surface area contributed by atoms with Crippen LogP contribution in [0.5, 0.6) is 5.75 Å². The van der Waals surface area contributed by atoms with Crippen molar-refractivity contribution in [2.24, 2.45) is 16.8 Å². The van der Waals surface area contributed by atoms with E-state index in [1.165, 1.54) is 41.8 Å². The highest BCUT2D eigenvalue weighted by Gasteiger charge is 2.36. The van der Waals surface area contributed by atoms with Crippen LogP contribution in [0.15, 0.2) is 65.5 Å². The average molecular weight is 648 g/mol. The summed E-state index contributed by atoms with van der Waals surface area (Å²) in [5.74, 6) is 1.93. The fraction of sp³-hybridized carbons (Fsp3) is 0.595. The predicted molar refractivity (Wildman–Crippen MR) is 191 cm³/mol. The molecule has 2 aromatic rings. The van der Waals surface area contributed by atoms with Gasteiger partial charge in [0.2, 0.25) is 10.0 Å². The van der Waals surface area contributed by atoms with Crippen LogP contribution in [-0.2, 0) is 16.4 Å². The molecule has 1 saturated heterocycles. The number of benzene rings is 2. The SMILES string of the molecule is C=C.CC.CC.CC.CCC.O=S(=O)(NCC1CCC(CN=C2CC3c4ccc(O)cc4CCC3N2)CC1)c1ccccc1F. The van der Waals surface area contributed by atoms with E-state index < -0.39 is 15.8 Å². The number of halogens is 1. The van der Waals surface area contributed by atoms with Gasteiger partial charge in [0, 0.05) is 31.5 Å². The summed E-state index contributed by atoms with van der Waals surface area (Å²) in [5.41, 5.74) is 2.60. The normalized spacial score (nSPS) is 21.8. The number of nitrogens with zero attached hydrogens (tertiary/aromatic N) is 1. The van der Waals surface area contributed by atoms with Crippen molar-refractivity contribution in [2.75, 3.05) is 13.1 Å². The van der Waals surface area contributed by atoms with Gasteiger partial charge >= 0.3 is 0 Å². The fourth-order valence-corrected chi connectivity index (χ4v) is 6.93. The molecule has 3 N–H and O–H groups in total. The highest BCUT2D eigenvalue weighted by atomic mass is 32.2. The van der Waals surface area contributed by atoms with E-state index in [1.807, 2.05) is 47.6 Å². The molecular weight excluding hydrogens is 585 g/mol. The number of sulfonamides is 1.